The number of aromatic nitrogens is 2. The van der Waals surface area contributed by atoms with Gasteiger partial charge in [0.05, 0.1) is 12.7 Å². The molecule has 0 radical (unpaired) electrons. The fourth-order valence-corrected chi connectivity index (χ4v) is 3.26. The first kappa shape index (κ1) is 17.5. The molecule has 1 aliphatic rings. The zero-order chi connectivity index (χ0) is 17.6. The molecule has 1 atom stereocenters. The number of nitrogens with zero attached hydrogens (tertiary/aromatic N) is 2. The number of carbonyl (C=O) groups excluding carboxylic acids is 1. The number of amides is 2. The predicted octanol–water partition coefficient (Wildman–Crippen LogP) is 2.81. The van der Waals surface area contributed by atoms with Crippen molar-refractivity contribution in [3.8, 4) is 0 Å². The Hall–Kier alpha value is -2.34. The Bertz CT molecular complexity index is 718. The first-order valence-electron chi connectivity index (χ1n) is 8.98. The molecule has 25 heavy (non-hydrogen) atoms. The Labute approximate surface area is 149 Å². The van der Waals surface area contributed by atoms with Crippen molar-refractivity contribution in [1.29, 1.82) is 0 Å². The molecule has 134 valence electrons. The third-order valence-electron chi connectivity index (χ3n) is 4.61. The van der Waals surface area contributed by atoms with Crippen molar-refractivity contribution in [2.75, 3.05) is 18.4 Å². The fourth-order valence-electron chi connectivity index (χ4n) is 3.26. The van der Waals surface area contributed by atoms with Crippen molar-refractivity contribution in [2.24, 2.45) is 0 Å². The number of urea groups is 1. The second-order valence-electron chi connectivity index (χ2n) is 6.79. The molecule has 2 aromatic rings. The summed E-state index contributed by atoms with van der Waals surface area (Å²) < 4.78 is 1.84. The van der Waals surface area contributed by atoms with Crippen LogP contribution in [0.3, 0.4) is 0 Å². The molecule has 1 aliphatic heterocycles. The van der Waals surface area contributed by atoms with E-state index in [-0.39, 0.29) is 6.03 Å². The minimum absolute atomic E-state index is 0.174. The molecule has 0 saturated carbocycles. The van der Waals surface area contributed by atoms with Gasteiger partial charge in [0.2, 0.25) is 0 Å². The molecule has 1 fully saturated rings. The van der Waals surface area contributed by atoms with Crippen LogP contribution in [0.25, 0.3) is 0 Å². The highest BCUT2D eigenvalue weighted by Crippen LogP contribution is 2.16. The zero-order valence-electron chi connectivity index (χ0n) is 15.0. The highest BCUT2D eigenvalue weighted by molar-refractivity contribution is 5.89. The Morgan fingerprint density at radius 2 is 2.28 bits per heavy atom. The molecule has 0 aliphatic carbocycles. The highest BCUT2D eigenvalue weighted by atomic mass is 16.2. The molecule has 0 unspecified atom stereocenters. The van der Waals surface area contributed by atoms with Crippen LogP contribution in [0.15, 0.2) is 30.5 Å². The van der Waals surface area contributed by atoms with Gasteiger partial charge in [-0.1, -0.05) is 29.8 Å². The average Bonchev–Trinajstić information content (AvgIpc) is 3.20. The van der Waals surface area contributed by atoms with E-state index in [1.54, 1.807) is 6.20 Å². The van der Waals surface area contributed by atoms with Gasteiger partial charge in [0.25, 0.3) is 0 Å². The Balaban J connectivity index is 1.56. The van der Waals surface area contributed by atoms with Gasteiger partial charge >= 0.3 is 6.03 Å². The summed E-state index contributed by atoms with van der Waals surface area (Å²) in [4.78, 5) is 12.2. The van der Waals surface area contributed by atoms with Crippen LogP contribution in [0.2, 0.25) is 0 Å². The first-order valence-corrected chi connectivity index (χ1v) is 8.98. The van der Waals surface area contributed by atoms with Gasteiger partial charge in [0.15, 0.2) is 0 Å². The van der Waals surface area contributed by atoms with Crippen molar-refractivity contribution in [3.05, 3.63) is 47.2 Å². The predicted molar refractivity (Wildman–Crippen MR) is 99.9 cm³/mol. The Morgan fingerprint density at radius 3 is 3.04 bits per heavy atom. The summed E-state index contributed by atoms with van der Waals surface area (Å²) in [6, 6.07) is 8.68. The maximum atomic E-state index is 12.2. The number of hydrogen-bond acceptors (Lipinski definition) is 3. The zero-order valence-corrected chi connectivity index (χ0v) is 15.0. The topological polar surface area (TPSA) is 71.0 Å². The van der Waals surface area contributed by atoms with Gasteiger partial charge in [0.1, 0.15) is 5.82 Å². The van der Waals surface area contributed by atoms with Gasteiger partial charge < -0.3 is 10.6 Å². The first-order chi connectivity index (χ1) is 12.1. The van der Waals surface area contributed by atoms with Crippen LogP contribution in [0, 0.1) is 13.8 Å². The lowest BCUT2D eigenvalue weighted by Gasteiger charge is -2.13. The molecule has 3 rings (SSSR count). The molecule has 3 N–H and O–H groups in total. The standard InChI is InChI=1S/C19H27N5O/c1-14-5-3-6-16(11-14)13-24-18(15(2)12-22-24)23-19(25)21-10-8-17-7-4-9-20-17/h3,5-6,11-12,17,20H,4,7-10,13H2,1-2H3,(H2,21,23,25)/t17-/m1/s1. The van der Waals surface area contributed by atoms with Crippen LogP contribution in [0.1, 0.15) is 36.0 Å². The smallest absolute Gasteiger partial charge is 0.320 e. The summed E-state index contributed by atoms with van der Waals surface area (Å²) in [5.41, 5.74) is 3.34. The highest BCUT2D eigenvalue weighted by Gasteiger charge is 2.15. The fraction of sp³-hybridized carbons (Fsp3) is 0.474. The van der Waals surface area contributed by atoms with Crippen LogP contribution >= 0.6 is 0 Å². The average molecular weight is 341 g/mol. The number of hydrogen-bond donors (Lipinski definition) is 3. The summed E-state index contributed by atoms with van der Waals surface area (Å²) in [7, 11) is 0. The number of rotatable bonds is 6. The van der Waals surface area contributed by atoms with E-state index < -0.39 is 0 Å². The monoisotopic (exact) mass is 341 g/mol. The van der Waals surface area contributed by atoms with Crippen LogP contribution in [0.5, 0.6) is 0 Å². The quantitative estimate of drug-likeness (QED) is 0.757. The number of benzene rings is 1. The van der Waals surface area contributed by atoms with Crippen molar-refractivity contribution < 1.29 is 4.79 Å². The molecule has 0 spiro atoms. The molecular formula is C19H27N5O. The molecule has 1 aromatic heterocycles. The molecule has 1 aromatic carbocycles. The number of aryl methyl sites for hydroxylation is 2. The number of carbonyl (C=O) groups is 1. The van der Waals surface area contributed by atoms with Gasteiger partial charge in [0, 0.05) is 18.2 Å². The summed E-state index contributed by atoms with van der Waals surface area (Å²) in [6.07, 6.45) is 5.18. The lowest BCUT2D eigenvalue weighted by Crippen LogP contribution is -2.34. The van der Waals surface area contributed by atoms with E-state index in [2.05, 4.69) is 46.2 Å². The molecule has 1 saturated heterocycles. The summed E-state index contributed by atoms with van der Waals surface area (Å²) in [5, 5.41) is 13.7. The SMILES string of the molecule is Cc1cccc(Cn2ncc(C)c2NC(=O)NCC[C@H]2CCCN2)c1. The van der Waals surface area contributed by atoms with Gasteiger partial charge in [-0.2, -0.15) is 5.10 Å². The lowest BCUT2D eigenvalue weighted by molar-refractivity contribution is 0.251. The van der Waals surface area contributed by atoms with Crippen LogP contribution < -0.4 is 16.0 Å². The normalized spacial score (nSPS) is 16.8. The van der Waals surface area contributed by atoms with E-state index in [1.165, 1.54) is 24.0 Å². The number of anilines is 1. The van der Waals surface area contributed by atoms with Crippen LogP contribution in [0.4, 0.5) is 10.6 Å². The molecule has 6 heteroatoms. The second kappa shape index (κ2) is 8.16. The summed E-state index contributed by atoms with van der Waals surface area (Å²) in [6.45, 7) is 6.43. The largest absolute Gasteiger partial charge is 0.338 e. The lowest BCUT2D eigenvalue weighted by atomic mass is 10.1. The molecule has 6 nitrogen and oxygen atoms in total. The maximum absolute atomic E-state index is 12.2. The molecule has 0 bridgehead atoms. The van der Waals surface area contributed by atoms with Crippen molar-refractivity contribution in [2.45, 2.75) is 45.7 Å². The van der Waals surface area contributed by atoms with E-state index in [0.29, 0.717) is 19.1 Å². The third-order valence-corrected chi connectivity index (χ3v) is 4.61. The third kappa shape index (κ3) is 4.82. The van der Waals surface area contributed by atoms with Gasteiger partial charge in [-0.3, -0.25) is 5.32 Å². The van der Waals surface area contributed by atoms with Crippen LogP contribution in [-0.4, -0.2) is 34.9 Å². The number of nitrogens with one attached hydrogen (secondary N) is 3. The molecular weight excluding hydrogens is 314 g/mol. The Kier molecular flexibility index (Phi) is 5.71. The van der Waals surface area contributed by atoms with Crippen molar-refractivity contribution in [1.82, 2.24) is 20.4 Å². The molecule has 2 amide bonds. The van der Waals surface area contributed by atoms with E-state index in [1.807, 2.05) is 17.7 Å². The van der Waals surface area contributed by atoms with Crippen molar-refractivity contribution in [3.63, 3.8) is 0 Å². The van der Waals surface area contributed by atoms with Gasteiger partial charge in [-0.25, -0.2) is 9.48 Å². The minimum Gasteiger partial charge on any atom is -0.338 e. The minimum atomic E-state index is -0.174. The Morgan fingerprint density at radius 1 is 1.40 bits per heavy atom. The van der Waals surface area contributed by atoms with E-state index in [4.69, 9.17) is 0 Å². The van der Waals surface area contributed by atoms with E-state index in [0.717, 1.165) is 24.3 Å². The van der Waals surface area contributed by atoms with Gasteiger partial charge in [-0.15, -0.1) is 0 Å². The van der Waals surface area contributed by atoms with E-state index in [9.17, 15) is 4.79 Å². The second-order valence-corrected chi connectivity index (χ2v) is 6.79. The van der Waals surface area contributed by atoms with Crippen molar-refractivity contribution >= 4 is 11.8 Å². The summed E-state index contributed by atoms with van der Waals surface area (Å²) in [5.74, 6) is 0.748. The van der Waals surface area contributed by atoms with Gasteiger partial charge in [-0.05, 0) is 45.2 Å². The molecule has 2 heterocycles. The van der Waals surface area contributed by atoms with E-state index >= 15 is 0 Å². The summed E-state index contributed by atoms with van der Waals surface area (Å²) >= 11 is 0. The maximum Gasteiger partial charge on any atom is 0.320 e. The van der Waals surface area contributed by atoms with Crippen LogP contribution in [-0.2, 0) is 6.54 Å².